The fourth-order valence-corrected chi connectivity index (χ4v) is 2.85. The van der Waals surface area contributed by atoms with Crippen molar-refractivity contribution in [1.29, 1.82) is 0 Å². The smallest absolute Gasteiger partial charge is 0.236 e. The number of halogens is 1. The first-order valence-electron chi connectivity index (χ1n) is 5.98. The topological polar surface area (TPSA) is 58.2 Å². The number of anilines is 1. The van der Waals surface area contributed by atoms with Gasteiger partial charge in [-0.15, -0.1) is 0 Å². The van der Waals surface area contributed by atoms with Crippen molar-refractivity contribution < 1.29 is 8.42 Å². The van der Waals surface area contributed by atoms with Crippen molar-refractivity contribution in [3.8, 4) is 0 Å². The molecule has 2 N–H and O–H groups in total. The third-order valence-electron chi connectivity index (χ3n) is 2.91. The maximum atomic E-state index is 12.1. The third-order valence-corrected chi connectivity index (χ3v) is 5.37. The molecule has 0 heterocycles. The fourth-order valence-electron chi connectivity index (χ4n) is 1.51. The molecule has 4 nitrogen and oxygen atoms in total. The first kappa shape index (κ1) is 14.1. The largest absolute Gasteiger partial charge is 0.313 e. The molecule has 0 saturated heterocycles. The normalized spacial score (nSPS) is 17.4. The van der Waals surface area contributed by atoms with Crippen LogP contribution in [-0.2, 0) is 10.0 Å². The van der Waals surface area contributed by atoms with Crippen LogP contribution in [0.1, 0.15) is 19.8 Å². The van der Waals surface area contributed by atoms with E-state index < -0.39 is 15.3 Å². The molecule has 1 fully saturated rings. The molecule has 0 spiro atoms. The molecule has 1 unspecified atom stereocenters. The summed E-state index contributed by atoms with van der Waals surface area (Å²) in [6.45, 7) is 2.23. The number of hydrogen-bond donors (Lipinski definition) is 2. The third kappa shape index (κ3) is 4.10. The minimum atomic E-state index is -3.31. The lowest BCUT2D eigenvalue weighted by molar-refractivity contribution is 0.576. The second-order valence-electron chi connectivity index (χ2n) is 4.65. The molecular formula is C12H17IN2O2S. The number of hydrogen-bond acceptors (Lipinski definition) is 3. The lowest BCUT2D eigenvalue weighted by atomic mass is 10.3. The molecule has 1 aliphatic rings. The van der Waals surface area contributed by atoms with Crippen molar-refractivity contribution in [2.45, 2.75) is 31.1 Å². The van der Waals surface area contributed by atoms with Gasteiger partial charge in [-0.1, -0.05) is 0 Å². The minimum Gasteiger partial charge on any atom is -0.313 e. The van der Waals surface area contributed by atoms with Gasteiger partial charge in [0.15, 0.2) is 0 Å². The Morgan fingerprint density at radius 1 is 1.33 bits per heavy atom. The average Bonchev–Trinajstić information content (AvgIpc) is 3.12. The molecule has 0 radical (unpaired) electrons. The highest BCUT2D eigenvalue weighted by Crippen LogP contribution is 2.19. The van der Waals surface area contributed by atoms with Crippen LogP contribution in [0, 0.1) is 3.57 Å². The lowest BCUT2D eigenvalue weighted by Crippen LogP contribution is -2.35. The summed E-state index contributed by atoms with van der Waals surface area (Å²) < 4.78 is 27.8. The van der Waals surface area contributed by atoms with Gasteiger partial charge in [0.2, 0.25) is 10.0 Å². The molecule has 1 aromatic rings. The van der Waals surface area contributed by atoms with Gasteiger partial charge in [0.05, 0.1) is 5.25 Å². The van der Waals surface area contributed by atoms with Crippen LogP contribution in [0.5, 0.6) is 0 Å². The maximum absolute atomic E-state index is 12.1. The van der Waals surface area contributed by atoms with E-state index in [0.29, 0.717) is 18.3 Å². The minimum absolute atomic E-state index is 0.433. The van der Waals surface area contributed by atoms with Gasteiger partial charge >= 0.3 is 0 Å². The Bertz CT molecular complexity index is 497. The second kappa shape index (κ2) is 5.75. The van der Waals surface area contributed by atoms with Gasteiger partial charge in [-0.2, -0.15) is 0 Å². The summed E-state index contributed by atoms with van der Waals surface area (Å²) >= 11 is 2.19. The van der Waals surface area contributed by atoms with Gasteiger partial charge in [0.25, 0.3) is 0 Å². The highest BCUT2D eigenvalue weighted by atomic mass is 127. The Morgan fingerprint density at radius 2 is 1.94 bits per heavy atom. The van der Waals surface area contributed by atoms with Crippen molar-refractivity contribution in [2.75, 3.05) is 11.3 Å². The van der Waals surface area contributed by atoms with Gasteiger partial charge in [0, 0.05) is 21.8 Å². The highest BCUT2D eigenvalue weighted by molar-refractivity contribution is 14.1. The predicted molar refractivity (Wildman–Crippen MR) is 82.2 cm³/mol. The van der Waals surface area contributed by atoms with Gasteiger partial charge < -0.3 is 5.32 Å². The van der Waals surface area contributed by atoms with E-state index in [4.69, 9.17) is 0 Å². The number of benzene rings is 1. The van der Waals surface area contributed by atoms with Crippen LogP contribution in [0.15, 0.2) is 24.3 Å². The molecule has 0 amide bonds. The Morgan fingerprint density at radius 3 is 2.50 bits per heavy atom. The van der Waals surface area contributed by atoms with E-state index in [1.165, 1.54) is 0 Å². The number of nitrogens with one attached hydrogen (secondary N) is 2. The van der Waals surface area contributed by atoms with Crippen LogP contribution < -0.4 is 10.0 Å². The quantitative estimate of drug-likeness (QED) is 0.744. The first-order chi connectivity index (χ1) is 8.47. The zero-order valence-corrected chi connectivity index (χ0v) is 13.2. The van der Waals surface area contributed by atoms with Crippen molar-refractivity contribution in [1.82, 2.24) is 5.32 Å². The van der Waals surface area contributed by atoms with Crippen molar-refractivity contribution in [2.24, 2.45) is 0 Å². The van der Waals surface area contributed by atoms with E-state index in [9.17, 15) is 8.42 Å². The van der Waals surface area contributed by atoms with E-state index in [2.05, 4.69) is 32.6 Å². The first-order valence-corrected chi connectivity index (χ1v) is 8.60. The summed E-state index contributed by atoms with van der Waals surface area (Å²) in [4.78, 5) is 0. The predicted octanol–water partition coefficient (Wildman–Crippen LogP) is 2.17. The molecule has 18 heavy (non-hydrogen) atoms. The van der Waals surface area contributed by atoms with Crippen LogP contribution >= 0.6 is 22.6 Å². The van der Waals surface area contributed by atoms with E-state index in [1.54, 1.807) is 19.1 Å². The zero-order valence-electron chi connectivity index (χ0n) is 10.2. The van der Waals surface area contributed by atoms with Crippen LogP contribution in [0.25, 0.3) is 0 Å². The summed E-state index contributed by atoms with van der Waals surface area (Å²) in [7, 11) is -3.31. The number of sulfonamides is 1. The van der Waals surface area contributed by atoms with Crippen LogP contribution in [0.3, 0.4) is 0 Å². The van der Waals surface area contributed by atoms with E-state index in [-0.39, 0.29) is 0 Å². The van der Waals surface area contributed by atoms with E-state index in [0.717, 1.165) is 16.4 Å². The summed E-state index contributed by atoms with van der Waals surface area (Å²) in [5.41, 5.74) is 0.619. The maximum Gasteiger partial charge on any atom is 0.236 e. The monoisotopic (exact) mass is 380 g/mol. The summed E-state index contributed by atoms with van der Waals surface area (Å²) in [5, 5.41) is 2.80. The Kier molecular flexibility index (Phi) is 4.50. The summed E-state index contributed by atoms with van der Waals surface area (Å²) in [6, 6.07) is 7.85. The van der Waals surface area contributed by atoms with Gasteiger partial charge in [-0.3, -0.25) is 4.72 Å². The van der Waals surface area contributed by atoms with Gasteiger partial charge in [-0.25, -0.2) is 8.42 Å². The molecular weight excluding hydrogens is 363 g/mol. The summed E-state index contributed by atoms with van der Waals surface area (Å²) in [6.07, 6.45) is 2.33. The Balaban J connectivity index is 1.94. The van der Waals surface area contributed by atoms with Crippen molar-refractivity contribution >= 4 is 38.3 Å². The molecule has 1 saturated carbocycles. The van der Waals surface area contributed by atoms with Gasteiger partial charge in [-0.05, 0) is 66.6 Å². The van der Waals surface area contributed by atoms with E-state index in [1.807, 2.05) is 12.1 Å². The van der Waals surface area contributed by atoms with E-state index >= 15 is 0 Å². The Labute approximate surface area is 122 Å². The molecule has 0 aromatic heterocycles. The standard InChI is InChI=1S/C12H17IN2O2S/c1-9(8-14-11-6-7-11)18(16,17)15-12-4-2-10(13)3-5-12/h2-5,9,11,14-15H,6-8H2,1H3. The molecule has 0 aliphatic heterocycles. The zero-order chi connectivity index (χ0) is 13.2. The molecule has 2 rings (SSSR count). The van der Waals surface area contributed by atoms with Crippen molar-refractivity contribution in [3.63, 3.8) is 0 Å². The van der Waals surface area contributed by atoms with Crippen molar-refractivity contribution in [3.05, 3.63) is 27.8 Å². The number of rotatable bonds is 6. The highest BCUT2D eigenvalue weighted by Gasteiger charge is 2.25. The molecule has 0 bridgehead atoms. The van der Waals surface area contributed by atoms with Crippen LogP contribution in [-0.4, -0.2) is 26.3 Å². The molecule has 1 aliphatic carbocycles. The summed E-state index contributed by atoms with van der Waals surface area (Å²) in [5.74, 6) is 0. The SMILES string of the molecule is CC(CNC1CC1)S(=O)(=O)Nc1ccc(I)cc1. The lowest BCUT2D eigenvalue weighted by Gasteiger charge is -2.15. The fraction of sp³-hybridized carbons (Fsp3) is 0.500. The molecule has 100 valence electrons. The van der Waals surface area contributed by atoms with Gasteiger partial charge in [0.1, 0.15) is 0 Å². The molecule has 1 aromatic carbocycles. The second-order valence-corrected chi connectivity index (χ2v) is 7.99. The molecule has 6 heteroatoms. The molecule has 1 atom stereocenters. The Hall–Kier alpha value is -0.340. The van der Waals surface area contributed by atoms with Crippen LogP contribution in [0.4, 0.5) is 5.69 Å². The van der Waals surface area contributed by atoms with Crippen LogP contribution in [0.2, 0.25) is 0 Å². The average molecular weight is 380 g/mol.